The molecule has 0 atom stereocenters. The van der Waals surface area contributed by atoms with Crippen LogP contribution in [0.25, 0.3) is 22.0 Å². The first-order valence-corrected chi connectivity index (χ1v) is 10.7. The number of nitrogen functional groups attached to an aromatic ring is 1. The Bertz CT molecular complexity index is 1400. The van der Waals surface area contributed by atoms with Gasteiger partial charge in [-0.1, -0.05) is 42.5 Å². The SMILES string of the molecule is CNC(=O)c1cccc(C)c1-c1ccc2nc(N)nc(C(=O)N3Cc4ccccc4C3)c2c1. The molecule has 0 radical (unpaired) electrons. The van der Waals surface area contributed by atoms with Crippen molar-refractivity contribution in [2.45, 2.75) is 20.0 Å². The number of carbonyl (C=O) groups is 2. The number of hydrogen-bond donors (Lipinski definition) is 2. The fourth-order valence-electron chi connectivity index (χ4n) is 4.47. The number of amides is 2. The zero-order valence-electron chi connectivity index (χ0n) is 18.4. The average molecular weight is 438 g/mol. The van der Waals surface area contributed by atoms with E-state index in [-0.39, 0.29) is 23.5 Å². The molecule has 3 aromatic carbocycles. The van der Waals surface area contributed by atoms with Crippen LogP contribution in [0, 0.1) is 6.92 Å². The molecular formula is C26H23N5O2. The fourth-order valence-corrected chi connectivity index (χ4v) is 4.47. The smallest absolute Gasteiger partial charge is 0.273 e. The fraction of sp³-hybridized carbons (Fsp3) is 0.154. The molecule has 0 aliphatic carbocycles. The van der Waals surface area contributed by atoms with Crippen molar-refractivity contribution in [2.75, 3.05) is 12.8 Å². The second-order valence-corrected chi connectivity index (χ2v) is 8.17. The molecule has 7 heteroatoms. The molecule has 2 heterocycles. The van der Waals surface area contributed by atoms with Crippen molar-refractivity contribution in [1.29, 1.82) is 0 Å². The number of anilines is 1. The number of benzene rings is 3. The summed E-state index contributed by atoms with van der Waals surface area (Å²) in [7, 11) is 1.61. The Morgan fingerprint density at radius 3 is 2.39 bits per heavy atom. The highest BCUT2D eigenvalue weighted by molar-refractivity contribution is 6.07. The van der Waals surface area contributed by atoms with E-state index in [9.17, 15) is 9.59 Å². The first-order chi connectivity index (χ1) is 16.0. The lowest BCUT2D eigenvalue weighted by molar-refractivity contribution is 0.0747. The van der Waals surface area contributed by atoms with E-state index in [1.807, 2.05) is 61.5 Å². The normalized spacial score (nSPS) is 12.6. The Hall–Kier alpha value is -4.26. The minimum absolute atomic E-state index is 0.0530. The lowest BCUT2D eigenvalue weighted by atomic mass is 9.93. The van der Waals surface area contributed by atoms with Gasteiger partial charge in [0.1, 0.15) is 5.69 Å². The number of rotatable bonds is 3. The highest BCUT2D eigenvalue weighted by Gasteiger charge is 2.27. The molecule has 0 bridgehead atoms. The van der Waals surface area contributed by atoms with Crippen LogP contribution >= 0.6 is 0 Å². The zero-order chi connectivity index (χ0) is 23.1. The van der Waals surface area contributed by atoms with Crippen LogP contribution in [0.3, 0.4) is 0 Å². The van der Waals surface area contributed by atoms with Crippen LogP contribution in [0.15, 0.2) is 60.7 Å². The molecule has 33 heavy (non-hydrogen) atoms. The van der Waals surface area contributed by atoms with Crippen LogP contribution in [-0.4, -0.2) is 33.7 Å². The van der Waals surface area contributed by atoms with E-state index >= 15 is 0 Å². The molecule has 1 aromatic heterocycles. The van der Waals surface area contributed by atoms with Crippen molar-refractivity contribution in [3.63, 3.8) is 0 Å². The van der Waals surface area contributed by atoms with Crippen LogP contribution in [0.4, 0.5) is 5.95 Å². The summed E-state index contributed by atoms with van der Waals surface area (Å²) in [6.45, 7) is 3.01. The number of nitrogens with zero attached hydrogens (tertiary/aromatic N) is 3. The number of carbonyl (C=O) groups excluding carboxylic acids is 2. The standard InChI is InChI=1S/C26H23N5O2/c1-15-6-5-9-19(24(32)28-2)22(15)16-10-11-21-20(12-16)23(30-26(27)29-21)25(33)31-13-17-7-3-4-8-18(17)14-31/h3-12H,13-14H2,1-2H3,(H,28,32)(H2,27,29,30). The number of nitrogens with two attached hydrogens (primary N) is 1. The van der Waals surface area contributed by atoms with Gasteiger partial charge in [0.05, 0.1) is 5.52 Å². The number of hydrogen-bond acceptors (Lipinski definition) is 5. The summed E-state index contributed by atoms with van der Waals surface area (Å²) >= 11 is 0. The van der Waals surface area contributed by atoms with Gasteiger partial charge in [0.25, 0.3) is 11.8 Å². The van der Waals surface area contributed by atoms with Gasteiger partial charge in [-0.05, 0) is 52.9 Å². The second kappa shape index (κ2) is 8.02. The Balaban J connectivity index is 1.63. The summed E-state index contributed by atoms with van der Waals surface area (Å²) in [5.74, 6) is -0.315. The van der Waals surface area contributed by atoms with E-state index in [4.69, 9.17) is 5.73 Å². The van der Waals surface area contributed by atoms with Crippen molar-refractivity contribution in [2.24, 2.45) is 0 Å². The number of aryl methyl sites for hydroxylation is 1. The lowest BCUT2D eigenvalue weighted by Crippen LogP contribution is -2.27. The molecule has 4 aromatic rings. The van der Waals surface area contributed by atoms with Crippen molar-refractivity contribution in [3.8, 4) is 11.1 Å². The van der Waals surface area contributed by atoms with Crippen molar-refractivity contribution in [3.05, 3.63) is 88.6 Å². The van der Waals surface area contributed by atoms with E-state index in [0.29, 0.717) is 29.6 Å². The number of aromatic nitrogens is 2. The van der Waals surface area contributed by atoms with Gasteiger partial charge in [-0.3, -0.25) is 9.59 Å². The quantitative estimate of drug-likeness (QED) is 0.509. The summed E-state index contributed by atoms with van der Waals surface area (Å²) in [6.07, 6.45) is 0. The summed E-state index contributed by atoms with van der Waals surface area (Å²) in [6, 6.07) is 19.2. The predicted molar refractivity (Wildman–Crippen MR) is 128 cm³/mol. The van der Waals surface area contributed by atoms with Crippen molar-refractivity contribution < 1.29 is 9.59 Å². The van der Waals surface area contributed by atoms with Crippen LogP contribution in [0.5, 0.6) is 0 Å². The topological polar surface area (TPSA) is 101 Å². The maximum Gasteiger partial charge on any atom is 0.273 e. The van der Waals surface area contributed by atoms with Gasteiger partial charge in [0.2, 0.25) is 5.95 Å². The monoisotopic (exact) mass is 437 g/mol. The molecule has 0 spiro atoms. The Morgan fingerprint density at radius 2 is 1.70 bits per heavy atom. The maximum absolute atomic E-state index is 13.5. The van der Waals surface area contributed by atoms with E-state index in [0.717, 1.165) is 27.8 Å². The third-order valence-corrected chi connectivity index (χ3v) is 6.08. The van der Waals surface area contributed by atoms with E-state index < -0.39 is 0 Å². The Kier molecular flexibility index (Phi) is 5.01. The molecular weight excluding hydrogens is 414 g/mol. The maximum atomic E-state index is 13.5. The van der Waals surface area contributed by atoms with Crippen LogP contribution in [0.1, 0.15) is 37.5 Å². The van der Waals surface area contributed by atoms with E-state index in [2.05, 4.69) is 15.3 Å². The van der Waals surface area contributed by atoms with Crippen LogP contribution < -0.4 is 11.1 Å². The molecule has 2 amide bonds. The first-order valence-electron chi connectivity index (χ1n) is 10.7. The summed E-state index contributed by atoms with van der Waals surface area (Å²) in [5, 5.41) is 3.30. The molecule has 3 N–H and O–H groups in total. The molecule has 1 aliphatic rings. The van der Waals surface area contributed by atoms with Gasteiger partial charge < -0.3 is 16.0 Å². The van der Waals surface area contributed by atoms with Crippen molar-refractivity contribution in [1.82, 2.24) is 20.2 Å². The van der Waals surface area contributed by atoms with Gasteiger partial charge in [0.15, 0.2) is 0 Å². The summed E-state index contributed by atoms with van der Waals surface area (Å²) in [4.78, 5) is 36.5. The van der Waals surface area contributed by atoms with Crippen molar-refractivity contribution >= 4 is 28.7 Å². The third-order valence-electron chi connectivity index (χ3n) is 6.08. The molecule has 164 valence electrons. The summed E-state index contributed by atoms with van der Waals surface area (Å²) in [5.41, 5.74) is 12.2. The van der Waals surface area contributed by atoms with Gasteiger partial charge in [-0.25, -0.2) is 9.97 Å². The summed E-state index contributed by atoms with van der Waals surface area (Å²) < 4.78 is 0. The first kappa shape index (κ1) is 20.6. The number of fused-ring (bicyclic) bond motifs is 2. The largest absolute Gasteiger partial charge is 0.368 e. The van der Waals surface area contributed by atoms with E-state index in [1.165, 1.54) is 0 Å². The molecule has 1 aliphatic heterocycles. The van der Waals surface area contributed by atoms with Gasteiger partial charge in [-0.2, -0.15) is 0 Å². The second-order valence-electron chi connectivity index (χ2n) is 8.17. The van der Waals surface area contributed by atoms with Crippen LogP contribution in [-0.2, 0) is 13.1 Å². The Morgan fingerprint density at radius 1 is 0.970 bits per heavy atom. The molecule has 0 saturated carbocycles. The van der Waals surface area contributed by atoms with Gasteiger partial charge in [0, 0.05) is 31.1 Å². The predicted octanol–water partition coefficient (Wildman–Crippen LogP) is 3.70. The molecule has 0 fully saturated rings. The molecule has 5 rings (SSSR count). The highest BCUT2D eigenvalue weighted by atomic mass is 16.2. The van der Waals surface area contributed by atoms with E-state index in [1.54, 1.807) is 18.0 Å². The molecule has 7 nitrogen and oxygen atoms in total. The van der Waals surface area contributed by atoms with Gasteiger partial charge >= 0.3 is 0 Å². The minimum atomic E-state index is -0.196. The lowest BCUT2D eigenvalue weighted by Gasteiger charge is -2.17. The molecule has 0 unspecified atom stereocenters. The minimum Gasteiger partial charge on any atom is -0.368 e. The third kappa shape index (κ3) is 3.57. The Labute approximate surface area is 191 Å². The highest BCUT2D eigenvalue weighted by Crippen LogP contribution is 2.32. The van der Waals surface area contributed by atoms with Crippen LogP contribution in [0.2, 0.25) is 0 Å². The van der Waals surface area contributed by atoms with Gasteiger partial charge in [-0.15, -0.1) is 0 Å². The average Bonchev–Trinajstić information content (AvgIpc) is 3.26. The number of nitrogens with one attached hydrogen (secondary N) is 1. The molecule has 0 saturated heterocycles. The zero-order valence-corrected chi connectivity index (χ0v) is 18.4.